The number of rotatable bonds is 2. The minimum absolute atomic E-state index is 0.130. The SMILES string of the molecule is O=C(Nc1ccc(C(F)(F)F)cc1)N1CCC(c2nnc(C(F)(F)F)o2)CC1. The first kappa shape index (κ1) is 20.0. The molecule has 12 heteroatoms. The second-order valence-corrected chi connectivity index (χ2v) is 6.21. The van der Waals surface area contributed by atoms with E-state index in [0.29, 0.717) is 12.8 Å². The fraction of sp³-hybridized carbons (Fsp3) is 0.438. The van der Waals surface area contributed by atoms with Crippen molar-refractivity contribution in [1.82, 2.24) is 15.1 Å². The van der Waals surface area contributed by atoms with Crippen molar-refractivity contribution >= 4 is 11.7 Å². The van der Waals surface area contributed by atoms with E-state index in [0.717, 1.165) is 24.3 Å². The highest BCUT2D eigenvalue weighted by atomic mass is 19.4. The average Bonchev–Trinajstić information content (AvgIpc) is 3.12. The fourth-order valence-electron chi connectivity index (χ4n) is 2.79. The molecule has 1 fully saturated rings. The molecule has 2 aromatic rings. The van der Waals surface area contributed by atoms with Crippen LogP contribution in [0, 0.1) is 0 Å². The molecule has 2 amide bonds. The Morgan fingerprint density at radius 3 is 2.11 bits per heavy atom. The van der Waals surface area contributed by atoms with Gasteiger partial charge in [0, 0.05) is 24.7 Å². The van der Waals surface area contributed by atoms with E-state index in [2.05, 4.69) is 19.9 Å². The molecule has 1 saturated heterocycles. The number of amides is 2. The van der Waals surface area contributed by atoms with Crippen molar-refractivity contribution in [1.29, 1.82) is 0 Å². The molecule has 1 N–H and O–H groups in total. The van der Waals surface area contributed by atoms with Gasteiger partial charge in [0.2, 0.25) is 5.89 Å². The van der Waals surface area contributed by atoms with Gasteiger partial charge in [-0.1, -0.05) is 0 Å². The molecular formula is C16H14F6N4O2. The maximum absolute atomic E-state index is 12.5. The summed E-state index contributed by atoms with van der Waals surface area (Å²) in [4.78, 5) is 13.6. The molecular weight excluding hydrogens is 394 g/mol. The number of piperidine rings is 1. The first-order valence-corrected chi connectivity index (χ1v) is 8.18. The number of halogens is 6. The van der Waals surface area contributed by atoms with Crippen LogP contribution < -0.4 is 5.32 Å². The quantitative estimate of drug-likeness (QED) is 0.742. The van der Waals surface area contributed by atoms with Crippen molar-refractivity contribution in [2.45, 2.75) is 31.1 Å². The monoisotopic (exact) mass is 408 g/mol. The summed E-state index contributed by atoms with van der Waals surface area (Å²) in [6, 6.07) is 3.49. The predicted molar refractivity (Wildman–Crippen MR) is 83.3 cm³/mol. The van der Waals surface area contributed by atoms with E-state index in [-0.39, 0.29) is 24.7 Å². The standard InChI is InChI=1S/C16H14F6N4O2/c17-15(18,19)10-1-3-11(4-2-10)23-14(27)26-7-5-9(6-8-26)12-24-25-13(28-12)16(20,21)22/h1-4,9H,5-8H2,(H,23,27). The molecule has 0 aliphatic carbocycles. The summed E-state index contributed by atoms with van der Waals surface area (Å²) in [5.41, 5.74) is -0.629. The lowest BCUT2D eigenvalue weighted by molar-refractivity contribution is -0.157. The highest BCUT2D eigenvalue weighted by Gasteiger charge is 2.39. The Hall–Kier alpha value is -2.79. The number of aromatic nitrogens is 2. The molecule has 0 radical (unpaired) electrons. The highest BCUT2D eigenvalue weighted by molar-refractivity contribution is 5.89. The van der Waals surface area contributed by atoms with Gasteiger partial charge in [-0.3, -0.25) is 0 Å². The second kappa shape index (κ2) is 7.32. The van der Waals surface area contributed by atoms with Crippen LogP contribution in [0.5, 0.6) is 0 Å². The molecule has 1 aromatic carbocycles. The van der Waals surface area contributed by atoms with Crippen molar-refractivity contribution in [2.75, 3.05) is 18.4 Å². The third-order valence-corrected chi connectivity index (χ3v) is 4.28. The number of hydrogen-bond acceptors (Lipinski definition) is 4. The van der Waals surface area contributed by atoms with Crippen molar-refractivity contribution in [3.63, 3.8) is 0 Å². The number of carbonyl (C=O) groups excluding carboxylic acids is 1. The van der Waals surface area contributed by atoms with Gasteiger partial charge in [0.15, 0.2) is 0 Å². The Balaban J connectivity index is 1.54. The first-order valence-electron chi connectivity index (χ1n) is 8.18. The number of alkyl halides is 6. The number of carbonyl (C=O) groups is 1. The van der Waals surface area contributed by atoms with E-state index in [1.165, 1.54) is 4.90 Å². The summed E-state index contributed by atoms with van der Waals surface area (Å²) < 4.78 is 79.8. The van der Waals surface area contributed by atoms with Gasteiger partial charge in [0.1, 0.15) is 0 Å². The van der Waals surface area contributed by atoms with Gasteiger partial charge in [0.05, 0.1) is 5.56 Å². The first-order chi connectivity index (χ1) is 13.0. The number of urea groups is 1. The van der Waals surface area contributed by atoms with Gasteiger partial charge in [-0.2, -0.15) is 26.3 Å². The Kier molecular flexibility index (Phi) is 5.22. The van der Waals surface area contributed by atoms with Crippen LogP contribution in [-0.4, -0.2) is 34.2 Å². The van der Waals surface area contributed by atoms with Crippen molar-refractivity contribution in [3.8, 4) is 0 Å². The number of likely N-dealkylation sites (tertiary alicyclic amines) is 1. The lowest BCUT2D eigenvalue weighted by Gasteiger charge is -2.30. The van der Waals surface area contributed by atoms with Crippen LogP contribution in [0.2, 0.25) is 0 Å². The van der Waals surface area contributed by atoms with Crippen LogP contribution in [0.4, 0.5) is 36.8 Å². The lowest BCUT2D eigenvalue weighted by Crippen LogP contribution is -2.40. The molecule has 1 aliphatic heterocycles. The van der Waals surface area contributed by atoms with Crippen molar-refractivity contribution in [3.05, 3.63) is 41.6 Å². The highest BCUT2D eigenvalue weighted by Crippen LogP contribution is 2.33. The molecule has 1 aliphatic rings. The molecule has 0 unspecified atom stereocenters. The third-order valence-electron chi connectivity index (χ3n) is 4.28. The summed E-state index contributed by atoms with van der Waals surface area (Å²) in [6.45, 7) is 0.446. The van der Waals surface area contributed by atoms with Crippen molar-refractivity contribution < 1.29 is 35.6 Å². The maximum Gasteiger partial charge on any atom is 0.470 e. The summed E-state index contributed by atoms with van der Waals surface area (Å²) in [6.07, 6.45) is -8.54. The zero-order valence-corrected chi connectivity index (χ0v) is 14.1. The molecule has 28 heavy (non-hydrogen) atoms. The zero-order chi connectivity index (χ0) is 20.5. The molecule has 0 bridgehead atoms. The topological polar surface area (TPSA) is 71.3 Å². The predicted octanol–water partition coefficient (Wildman–Crippen LogP) is 4.52. The van der Waals surface area contributed by atoms with Gasteiger partial charge >= 0.3 is 24.3 Å². The van der Waals surface area contributed by atoms with Crippen LogP contribution >= 0.6 is 0 Å². The molecule has 6 nitrogen and oxygen atoms in total. The number of hydrogen-bond donors (Lipinski definition) is 1. The van der Waals surface area contributed by atoms with Gasteiger partial charge in [0.25, 0.3) is 0 Å². The molecule has 0 atom stereocenters. The van der Waals surface area contributed by atoms with Gasteiger partial charge in [-0.15, -0.1) is 10.2 Å². The number of benzene rings is 1. The lowest BCUT2D eigenvalue weighted by atomic mass is 9.97. The van der Waals surface area contributed by atoms with E-state index in [9.17, 15) is 31.1 Å². The number of anilines is 1. The second-order valence-electron chi connectivity index (χ2n) is 6.21. The Morgan fingerprint density at radius 2 is 1.61 bits per heavy atom. The smallest absolute Gasteiger partial charge is 0.417 e. The maximum atomic E-state index is 12.5. The summed E-state index contributed by atoms with van der Waals surface area (Å²) in [5.74, 6) is -1.95. The number of nitrogens with one attached hydrogen (secondary N) is 1. The van der Waals surface area contributed by atoms with E-state index >= 15 is 0 Å². The molecule has 2 heterocycles. The van der Waals surface area contributed by atoms with Gasteiger partial charge < -0.3 is 14.6 Å². The van der Waals surface area contributed by atoms with E-state index in [1.54, 1.807) is 0 Å². The summed E-state index contributed by atoms with van der Waals surface area (Å²) in [5, 5.41) is 8.90. The van der Waals surface area contributed by atoms with Gasteiger partial charge in [-0.05, 0) is 37.1 Å². The Labute approximate surface area is 154 Å². The Bertz CT molecular complexity index is 823. The summed E-state index contributed by atoms with van der Waals surface area (Å²) in [7, 11) is 0. The van der Waals surface area contributed by atoms with Crippen LogP contribution in [0.15, 0.2) is 28.7 Å². The zero-order valence-electron chi connectivity index (χ0n) is 14.1. The van der Waals surface area contributed by atoms with E-state index in [1.807, 2.05) is 0 Å². The van der Waals surface area contributed by atoms with E-state index in [4.69, 9.17) is 0 Å². The minimum atomic E-state index is -4.71. The van der Waals surface area contributed by atoms with Crippen LogP contribution in [0.25, 0.3) is 0 Å². The van der Waals surface area contributed by atoms with Crippen molar-refractivity contribution in [2.24, 2.45) is 0 Å². The van der Waals surface area contributed by atoms with Crippen LogP contribution in [-0.2, 0) is 12.4 Å². The van der Waals surface area contributed by atoms with Crippen LogP contribution in [0.1, 0.15) is 36.1 Å². The molecule has 152 valence electrons. The van der Waals surface area contributed by atoms with Crippen LogP contribution in [0.3, 0.4) is 0 Å². The normalized spacial score (nSPS) is 16.3. The summed E-state index contributed by atoms with van der Waals surface area (Å²) >= 11 is 0. The largest absolute Gasteiger partial charge is 0.470 e. The minimum Gasteiger partial charge on any atom is -0.417 e. The average molecular weight is 408 g/mol. The fourth-order valence-corrected chi connectivity index (χ4v) is 2.79. The molecule has 0 spiro atoms. The molecule has 1 aromatic heterocycles. The van der Waals surface area contributed by atoms with E-state index < -0.39 is 35.8 Å². The Morgan fingerprint density at radius 1 is 1.00 bits per heavy atom. The molecule has 0 saturated carbocycles. The number of nitrogens with zero attached hydrogens (tertiary/aromatic N) is 3. The molecule has 3 rings (SSSR count). The third kappa shape index (κ3) is 4.54. The van der Waals surface area contributed by atoms with Gasteiger partial charge in [-0.25, -0.2) is 4.79 Å².